The molecule has 0 radical (unpaired) electrons. The molecule has 2 amide bonds. The molecule has 2 aromatic carbocycles. The predicted molar refractivity (Wildman–Crippen MR) is 129 cm³/mol. The van der Waals surface area contributed by atoms with E-state index in [4.69, 9.17) is 0 Å². The van der Waals surface area contributed by atoms with Crippen LogP contribution in [0.4, 0.5) is 14.5 Å². The maximum absolute atomic E-state index is 13.8. The Morgan fingerprint density at radius 2 is 1.36 bits per heavy atom. The van der Waals surface area contributed by atoms with Crippen molar-refractivity contribution in [3.63, 3.8) is 0 Å². The fourth-order valence-corrected chi connectivity index (χ4v) is 4.23. The standard InChI is InChI=1S/C27H20F2N4O3/c1-3-21-22(26(35)33(30-21)20-10-6-18(29)7-11-20)23-24(31-14-12-16(2)13-15-31)27(36)32(25(23)34)19-8-4-17(28)5-9-19/h4-15H,3H2,1-2H3/p+1. The number of aromatic amines is 1. The van der Waals surface area contributed by atoms with Gasteiger partial charge in [0.25, 0.3) is 17.2 Å². The number of anilines is 1. The van der Waals surface area contributed by atoms with E-state index in [1.165, 1.54) is 45.6 Å². The molecule has 0 fully saturated rings. The Hall–Kier alpha value is -4.66. The van der Waals surface area contributed by atoms with Gasteiger partial charge in [-0.15, -0.1) is 0 Å². The van der Waals surface area contributed by atoms with E-state index < -0.39 is 29.0 Å². The molecule has 4 aromatic rings. The Morgan fingerprint density at radius 3 is 1.92 bits per heavy atom. The molecule has 5 rings (SSSR count). The van der Waals surface area contributed by atoms with Gasteiger partial charge in [0.2, 0.25) is 0 Å². The normalized spacial score (nSPS) is 13.7. The Bertz CT molecular complexity index is 1580. The molecule has 2 aromatic heterocycles. The molecule has 36 heavy (non-hydrogen) atoms. The first-order valence-corrected chi connectivity index (χ1v) is 11.3. The number of pyridine rings is 1. The lowest BCUT2D eigenvalue weighted by molar-refractivity contribution is -0.576. The second-order valence-corrected chi connectivity index (χ2v) is 8.36. The van der Waals surface area contributed by atoms with Gasteiger partial charge in [0.05, 0.1) is 16.9 Å². The van der Waals surface area contributed by atoms with Crippen molar-refractivity contribution in [2.75, 3.05) is 4.90 Å². The maximum atomic E-state index is 13.8. The van der Waals surface area contributed by atoms with Crippen LogP contribution < -0.4 is 15.0 Å². The zero-order chi connectivity index (χ0) is 25.6. The molecule has 3 heterocycles. The summed E-state index contributed by atoms with van der Waals surface area (Å²) in [6.07, 6.45) is 3.63. The highest BCUT2D eigenvalue weighted by atomic mass is 19.1. The third kappa shape index (κ3) is 3.74. The number of aromatic nitrogens is 3. The number of benzene rings is 2. The summed E-state index contributed by atoms with van der Waals surface area (Å²) in [5, 5.41) is 3.00. The number of amides is 2. The minimum Gasteiger partial charge on any atom is -0.294 e. The zero-order valence-corrected chi connectivity index (χ0v) is 19.5. The molecule has 0 bridgehead atoms. The molecule has 1 aliphatic heterocycles. The summed E-state index contributed by atoms with van der Waals surface area (Å²) in [5.41, 5.74) is 1.35. The highest BCUT2D eigenvalue weighted by molar-refractivity contribution is 6.53. The molecule has 0 atom stereocenters. The molecular weight excluding hydrogens is 466 g/mol. The smallest absolute Gasteiger partial charge is 0.294 e. The van der Waals surface area contributed by atoms with Crippen molar-refractivity contribution in [2.24, 2.45) is 0 Å². The fourth-order valence-electron chi connectivity index (χ4n) is 4.23. The molecule has 0 spiro atoms. The van der Waals surface area contributed by atoms with Crippen molar-refractivity contribution in [1.82, 2.24) is 9.78 Å². The van der Waals surface area contributed by atoms with Crippen LogP contribution in [-0.4, -0.2) is 21.6 Å². The lowest BCUT2D eigenvalue weighted by Gasteiger charge is -2.13. The summed E-state index contributed by atoms with van der Waals surface area (Å²) < 4.78 is 29.7. The van der Waals surface area contributed by atoms with E-state index in [1.54, 1.807) is 24.5 Å². The van der Waals surface area contributed by atoms with E-state index in [1.807, 2.05) is 13.8 Å². The van der Waals surface area contributed by atoms with Crippen LogP contribution in [0.5, 0.6) is 0 Å². The van der Waals surface area contributed by atoms with E-state index in [0.717, 1.165) is 22.6 Å². The third-order valence-electron chi connectivity index (χ3n) is 6.05. The van der Waals surface area contributed by atoms with Gasteiger partial charge >= 0.3 is 5.91 Å². The SMILES string of the molecule is CCc1[nH]n(-c2ccc(F)cc2)c(=O)c1C1=C([n+]2ccc(C)cc2)C(=O)N(c2ccc(F)cc2)C1=O. The monoisotopic (exact) mass is 487 g/mol. The van der Waals surface area contributed by atoms with Crippen molar-refractivity contribution < 1.29 is 22.9 Å². The Labute approximate surface area is 204 Å². The number of carbonyl (C=O) groups is 2. The van der Waals surface area contributed by atoms with Crippen LogP contribution in [0.15, 0.2) is 77.9 Å². The summed E-state index contributed by atoms with van der Waals surface area (Å²) in [6, 6.07) is 13.8. The van der Waals surface area contributed by atoms with Gasteiger partial charge in [0, 0.05) is 17.8 Å². The van der Waals surface area contributed by atoms with Gasteiger partial charge in [-0.05, 0) is 67.4 Å². The summed E-state index contributed by atoms with van der Waals surface area (Å²) in [4.78, 5) is 42.0. The van der Waals surface area contributed by atoms with E-state index in [-0.39, 0.29) is 22.5 Å². The molecule has 0 aliphatic carbocycles. The third-order valence-corrected chi connectivity index (χ3v) is 6.05. The topological polar surface area (TPSA) is 79.1 Å². The van der Waals surface area contributed by atoms with Gasteiger partial charge in [0.15, 0.2) is 12.4 Å². The first-order valence-electron chi connectivity index (χ1n) is 11.3. The molecule has 0 saturated heterocycles. The summed E-state index contributed by atoms with van der Waals surface area (Å²) in [5.74, 6) is -2.32. The average Bonchev–Trinajstić information content (AvgIpc) is 3.33. The molecular formula is C27H21F2N4O3+. The van der Waals surface area contributed by atoms with E-state index in [9.17, 15) is 23.2 Å². The van der Waals surface area contributed by atoms with Crippen molar-refractivity contribution in [3.8, 4) is 5.69 Å². The minimum atomic E-state index is -0.702. The van der Waals surface area contributed by atoms with E-state index >= 15 is 0 Å². The second kappa shape index (κ2) is 8.84. The van der Waals surface area contributed by atoms with Crippen LogP contribution in [0.25, 0.3) is 17.0 Å². The molecule has 0 saturated carbocycles. The Kier molecular flexibility index (Phi) is 5.68. The van der Waals surface area contributed by atoms with Gasteiger partial charge in [-0.3, -0.25) is 19.5 Å². The van der Waals surface area contributed by atoms with Crippen LogP contribution in [0.3, 0.4) is 0 Å². The van der Waals surface area contributed by atoms with Crippen LogP contribution in [0, 0.1) is 18.6 Å². The Balaban J connectivity index is 1.76. The van der Waals surface area contributed by atoms with Crippen LogP contribution in [-0.2, 0) is 16.0 Å². The van der Waals surface area contributed by atoms with Crippen LogP contribution in [0.2, 0.25) is 0 Å². The molecule has 7 nitrogen and oxygen atoms in total. The number of halogens is 2. The van der Waals surface area contributed by atoms with Gasteiger partial charge < -0.3 is 0 Å². The number of hydrogen-bond donors (Lipinski definition) is 1. The lowest BCUT2D eigenvalue weighted by Crippen LogP contribution is -2.39. The first kappa shape index (κ1) is 23.1. The van der Waals surface area contributed by atoms with Crippen molar-refractivity contribution in [1.29, 1.82) is 0 Å². The quantitative estimate of drug-likeness (QED) is 0.346. The van der Waals surface area contributed by atoms with Gasteiger partial charge in [-0.25, -0.2) is 18.4 Å². The van der Waals surface area contributed by atoms with Crippen LogP contribution >= 0.6 is 0 Å². The number of carbonyl (C=O) groups excluding carboxylic acids is 2. The van der Waals surface area contributed by atoms with Gasteiger partial charge in [-0.1, -0.05) is 6.92 Å². The predicted octanol–water partition coefficient (Wildman–Crippen LogP) is 3.54. The number of rotatable bonds is 5. The highest BCUT2D eigenvalue weighted by Gasteiger charge is 2.48. The molecule has 1 N–H and O–H groups in total. The number of nitrogens with zero attached hydrogens (tertiary/aromatic N) is 3. The summed E-state index contributed by atoms with van der Waals surface area (Å²) in [6.45, 7) is 3.69. The second-order valence-electron chi connectivity index (χ2n) is 8.36. The molecule has 1 aliphatic rings. The van der Waals surface area contributed by atoms with Crippen molar-refractivity contribution in [3.05, 3.63) is 112 Å². The molecule has 180 valence electrons. The number of imide groups is 1. The number of hydrogen-bond acceptors (Lipinski definition) is 3. The molecule has 9 heteroatoms. The lowest BCUT2D eigenvalue weighted by atomic mass is 10.0. The largest absolute Gasteiger partial charge is 0.331 e. The summed E-state index contributed by atoms with van der Waals surface area (Å²) in [7, 11) is 0. The van der Waals surface area contributed by atoms with E-state index in [2.05, 4.69) is 5.10 Å². The first-order chi connectivity index (χ1) is 17.3. The number of aryl methyl sites for hydroxylation is 2. The van der Waals surface area contributed by atoms with E-state index in [0.29, 0.717) is 17.8 Å². The average molecular weight is 487 g/mol. The highest BCUT2D eigenvalue weighted by Crippen LogP contribution is 2.33. The molecule has 0 unspecified atom stereocenters. The maximum Gasteiger partial charge on any atom is 0.331 e. The van der Waals surface area contributed by atoms with Gasteiger partial charge in [-0.2, -0.15) is 4.57 Å². The fraction of sp³-hybridized carbons (Fsp3) is 0.111. The zero-order valence-electron chi connectivity index (χ0n) is 19.5. The number of H-pyrrole nitrogens is 1. The summed E-state index contributed by atoms with van der Waals surface area (Å²) >= 11 is 0. The van der Waals surface area contributed by atoms with Crippen molar-refractivity contribution >= 4 is 28.8 Å². The van der Waals surface area contributed by atoms with Gasteiger partial charge in [0.1, 0.15) is 17.2 Å². The number of nitrogens with one attached hydrogen (secondary N) is 1. The van der Waals surface area contributed by atoms with Crippen LogP contribution in [0.1, 0.15) is 23.7 Å². The Morgan fingerprint density at radius 1 is 0.806 bits per heavy atom. The minimum absolute atomic E-state index is 0.00128. The van der Waals surface area contributed by atoms with Crippen molar-refractivity contribution in [2.45, 2.75) is 20.3 Å².